The number of fused-ring (bicyclic) bond motifs is 1. The quantitative estimate of drug-likeness (QED) is 0.816. The molecule has 1 heterocycles. The Balaban J connectivity index is 2.25. The monoisotopic (exact) mass is 304 g/mol. The average molecular weight is 304 g/mol. The van der Waals surface area contributed by atoms with E-state index in [9.17, 15) is 9.59 Å². The van der Waals surface area contributed by atoms with Crippen molar-refractivity contribution in [1.29, 1.82) is 0 Å². The van der Waals surface area contributed by atoms with Crippen LogP contribution in [0.2, 0.25) is 0 Å². The van der Waals surface area contributed by atoms with Gasteiger partial charge in [0, 0.05) is 31.1 Å². The normalized spacial score (nSPS) is 12.3. The SMILES string of the molecule is COCCn1c(C(=O)NC[C@H](C)C(=O)O)cc2ccccc21. The fourth-order valence-corrected chi connectivity index (χ4v) is 2.25. The number of carboxylic acid groups (broad SMARTS) is 1. The molecule has 0 aliphatic carbocycles. The number of ether oxygens (including phenoxy) is 1. The molecule has 0 unspecified atom stereocenters. The lowest BCUT2D eigenvalue weighted by atomic mass is 10.2. The van der Waals surface area contributed by atoms with Gasteiger partial charge in [0.25, 0.3) is 5.91 Å². The van der Waals surface area contributed by atoms with Gasteiger partial charge >= 0.3 is 5.97 Å². The molecule has 1 aromatic carbocycles. The van der Waals surface area contributed by atoms with Crippen LogP contribution in [0.1, 0.15) is 17.4 Å². The van der Waals surface area contributed by atoms with E-state index in [-0.39, 0.29) is 12.5 Å². The number of carboxylic acids is 1. The molecule has 0 bridgehead atoms. The van der Waals surface area contributed by atoms with E-state index >= 15 is 0 Å². The van der Waals surface area contributed by atoms with Crippen LogP contribution in [0.5, 0.6) is 0 Å². The molecule has 0 spiro atoms. The van der Waals surface area contributed by atoms with Gasteiger partial charge < -0.3 is 19.7 Å². The van der Waals surface area contributed by atoms with Crippen LogP contribution in [0.4, 0.5) is 0 Å². The van der Waals surface area contributed by atoms with Crippen LogP contribution in [0.3, 0.4) is 0 Å². The zero-order chi connectivity index (χ0) is 16.1. The summed E-state index contributed by atoms with van der Waals surface area (Å²) in [5.74, 6) is -1.83. The zero-order valence-corrected chi connectivity index (χ0v) is 12.7. The Morgan fingerprint density at radius 2 is 2.09 bits per heavy atom. The maximum absolute atomic E-state index is 12.4. The first-order valence-electron chi connectivity index (χ1n) is 7.12. The fraction of sp³-hybridized carbons (Fsp3) is 0.375. The summed E-state index contributed by atoms with van der Waals surface area (Å²) in [4.78, 5) is 23.2. The van der Waals surface area contributed by atoms with Crippen molar-refractivity contribution in [1.82, 2.24) is 9.88 Å². The average Bonchev–Trinajstić information content (AvgIpc) is 2.88. The Labute approximate surface area is 128 Å². The second kappa shape index (κ2) is 7.09. The van der Waals surface area contributed by atoms with Crippen molar-refractivity contribution in [2.45, 2.75) is 13.5 Å². The standard InChI is InChI=1S/C16H20N2O4/c1-11(16(20)21)10-17-15(19)14-9-12-5-3-4-6-13(12)18(14)7-8-22-2/h3-6,9,11H,7-8,10H2,1-2H3,(H,17,19)(H,20,21)/t11-/m0/s1. The maximum Gasteiger partial charge on any atom is 0.308 e. The summed E-state index contributed by atoms with van der Waals surface area (Å²) in [5, 5.41) is 12.5. The number of carbonyl (C=O) groups excluding carboxylic acids is 1. The van der Waals surface area contributed by atoms with E-state index in [1.165, 1.54) is 0 Å². The first-order chi connectivity index (χ1) is 10.5. The highest BCUT2D eigenvalue weighted by molar-refractivity contribution is 5.98. The van der Waals surface area contributed by atoms with Crippen LogP contribution in [-0.2, 0) is 16.1 Å². The second-order valence-corrected chi connectivity index (χ2v) is 5.18. The second-order valence-electron chi connectivity index (χ2n) is 5.18. The molecular weight excluding hydrogens is 284 g/mol. The molecule has 1 amide bonds. The first kappa shape index (κ1) is 16.0. The third-order valence-corrected chi connectivity index (χ3v) is 3.55. The lowest BCUT2D eigenvalue weighted by Gasteiger charge is -2.12. The van der Waals surface area contributed by atoms with Crippen LogP contribution in [0.25, 0.3) is 10.9 Å². The minimum atomic E-state index is -0.930. The third kappa shape index (κ3) is 3.46. The Kier molecular flexibility index (Phi) is 5.16. The molecule has 2 rings (SSSR count). The van der Waals surface area contributed by atoms with E-state index in [0.717, 1.165) is 10.9 Å². The molecule has 1 atom stereocenters. The highest BCUT2D eigenvalue weighted by atomic mass is 16.5. The number of carbonyl (C=O) groups is 2. The molecule has 2 N–H and O–H groups in total. The van der Waals surface area contributed by atoms with Crippen LogP contribution < -0.4 is 5.32 Å². The van der Waals surface area contributed by atoms with E-state index in [1.54, 1.807) is 14.0 Å². The predicted octanol–water partition coefficient (Wildman–Crippen LogP) is 1.74. The summed E-state index contributed by atoms with van der Waals surface area (Å²) in [6, 6.07) is 9.53. The minimum absolute atomic E-state index is 0.0972. The summed E-state index contributed by atoms with van der Waals surface area (Å²) in [6.45, 7) is 2.70. The molecule has 22 heavy (non-hydrogen) atoms. The van der Waals surface area contributed by atoms with Gasteiger partial charge in [-0.25, -0.2) is 0 Å². The third-order valence-electron chi connectivity index (χ3n) is 3.55. The predicted molar refractivity (Wildman–Crippen MR) is 82.9 cm³/mol. The molecule has 2 aromatic rings. The van der Waals surface area contributed by atoms with E-state index in [2.05, 4.69) is 5.32 Å². The Morgan fingerprint density at radius 1 is 1.36 bits per heavy atom. The van der Waals surface area contributed by atoms with E-state index in [0.29, 0.717) is 18.8 Å². The molecule has 0 aliphatic rings. The van der Waals surface area contributed by atoms with Crippen LogP contribution in [0.15, 0.2) is 30.3 Å². The lowest BCUT2D eigenvalue weighted by molar-refractivity contribution is -0.140. The van der Waals surface area contributed by atoms with Gasteiger partial charge in [-0.05, 0) is 12.1 Å². The van der Waals surface area contributed by atoms with Crippen molar-refractivity contribution < 1.29 is 19.4 Å². The summed E-state index contributed by atoms with van der Waals surface area (Å²) in [7, 11) is 1.61. The molecule has 1 aromatic heterocycles. The van der Waals surface area contributed by atoms with Gasteiger partial charge in [0.2, 0.25) is 0 Å². The number of aliphatic carboxylic acids is 1. The molecule has 0 fully saturated rings. The van der Waals surface area contributed by atoms with Crippen molar-refractivity contribution in [2.24, 2.45) is 5.92 Å². The lowest BCUT2D eigenvalue weighted by Crippen LogP contribution is -2.32. The topological polar surface area (TPSA) is 80.6 Å². The van der Waals surface area contributed by atoms with Crippen molar-refractivity contribution in [3.8, 4) is 0 Å². The van der Waals surface area contributed by atoms with Crippen molar-refractivity contribution in [3.05, 3.63) is 36.0 Å². The number of benzene rings is 1. The summed E-state index contributed by atoms with van der Waals surface area (Å²) in [6.07, 6.45) is 0. The summed E-state index contributed by atoms with van der Waals surface area (Å²) >= 11 is 0. The van der Waals surface area contributed by atoms with Gasteiger partial charge in [0.1, 0.15) is 5.69 Å². The molecule has 0 radical (unpaired) electrons. The molecule has 0 aliphatic heterocycles. The van der Waals surface area contributed by atoms with E-state index in [4.69, 9.17) is 9.84 Å². The Morgan fingerprint density at radius 3 is 2.77 bits per heavy atom. The molecule has 0 saturated heterocycles. The maximum atomic E-state index is 12.4. The van der Waals surface area contributed by atoms with Crippen molar-refractivity contribution in [2.75, 3.05) is 20.3 Å². The van der Waals surface area contributed by atoms with Gasteiger partial charge in [0.15, 0.2) is 0 Å². The highest BCUT2D eigenvalue weighted by Gasteiger charge is 2.17. The largest absolute Gasteiger partial charge is 0.481 e. The summed E-state index contributed by atoms with van der Waals surface area (Å²) in [5.41, 5.74) is 1.46. The van der Waals surface area contributed by atoms with Gasteiger partial charge in [-0.15, -0.1) is 0 Å². The number of aromatic nitrogens is 1. The molecule has 118 valence electrons. The minimum Gasteiger partial charge on any atom is -0.481 e. The number of nitrogens with zero attached hydrogens (tertiary/aromatic N) is 1. The number of amides is 1. The van der Waals surface area contributed by atoms with Gasteiger partial charge in [-0.1, -0.05) is 25.1 Å². The molecule has 6 heteroatoms. The number of para-hydroxylation sites is 1. The Bertz CT molecular complexity index is 678. The molecule has 6 nitrogen and oxygen atoms in total. The summed E-state index contributed by atoms with van der Waals surface area (Å²) < 4.78 is 6.99. The van der Waals surface area contributed by atoms with Crippen LogP contribution >= 0.6 is 0 Å². The number of methoxy groups -OCH3 is 1. The van der Waals surface area contributed by atoms with Gasteiger partial charge in [-0.2, -0.15) is 0 Å². The van der Waals surface area contributed by atoms with E-state index in [1.807, 2.05) is 34.9 Å². The molecular formula is C16H20N2O4. The van der Waals surface area contributed by atoms with Gasteiger partial charge in [-0.3, -0.25) is 9.59 Å². The highest BCUT2D eigenvalue weighted by Crippen LogP contribution is 2.19. The first-order valence-corrected chi connectivity index (χ1v) is 7.12. The van der Waals surface area contributed by atoms with E-state index < -0.39 is 11.9 Å². The fourth-order valence-electron chi connectivity index (χ4n) is 2.25. The Hall–Kier alpha value is -2.34. The number of hydrogen-bond acceptors (Lipinski definition) is 3. The number of hydrogen-bond donors (Lipinski definition) is 2. The molecule has 0 saturated carbocycles. The van der Waals surface area contributed by atoms with Crippen LogP contribution in [-0.4, -0.2) is 41.8 Å². The van der Waals surface area contributed by atoms with Crippen molar-refractivity contribution >= 4 is 22.8 Å². The van der Waals surface area contributed by atoms with Crippen molar-refractivity contribution in [3.63, 3.8) is 0 Å². The van der Waals surface area contributed by atoms with Gasteiger partial charge in [0.05, 0.1) is 12.5 Å². The number of nitrogens with one attached hydrogen (secondary N) is 1. The number of rotatable bonds is 7. The zero-order valence-electron chi connectivity index (χ0n) is 12.7. The smallest absolute Gasteiger partial charge is 0.308 e. The van der Waals surface area contributed by atoms with Crippen LogP contribution in [0, 0.1) is 5.92 Å².